The molecule has 0 saturated carbocycles. The molecular formula is C20H22Cl2N2O2. The molecule has 1 heterocycles. The number of rotatable bonds is 5. The number of halogens is 2. The van der Waals surface area contributed by atoms with Crippen LogP contribution in [0.15, 0.2) is 48.5 Å². The van der Waals surface area contributed by atoms with Crippen molar-refractivity contribution in [2.45, 2.75) is 19.4 Å². The number of carbonyl (C=O) groups is 1. The zero-order valence-electron chi connectivity index (χ0n) is 14.6. The summed E-state index contributed by atoms with van der Waals surface area (Å²) < 4.78 is 6.05. The highest BCUT2D eigenvalue weighted by molar-refractivity contribution is 6.42. The smallest absolute Gasteiger partial charge is 0.268 e. The van der Waals surface area contributed by atoms with Crippen LogP contribution in [0.5, 0.6) is 5.75 Å². The molecule has 6 heteroatoms. The minimum atomic E-state index is -0.785. The van der Waals surface area contributed by atoms with E-state index >= 15 is 0 Å². The Balaban J connectivity index is 1.89. The van der Waals surface area contributed by atoms with Gasteiger partial charge in [-0.3, -0.25) is 4.79 Å². The van der Waals surface area contributed by atoms with Crippen molar-refractivity contribution in [1.29, 1.82) is 0 Å². The molecule has 1 aliphatic rings. The van der Waals surface area contributed by atoms with Gasteiger partial charge in [-0.1, -0.05) is 66.5 Å². The summed E-state index contributed by atoms with van der Waals surface area (Å²) in [5, 5.41) is 0.691. The number of ether oxygens (including phenoxy) is 1. The summed E-state index contributed by atoms with van der Waals surface area (Å²) in [5.74, 6) is 0.298. The Morgan fingerprint density at radius 1 is 1.23 bits per heavy atom. The molecule has 1 amide bonds. The zero-order chi connectivity index (χ0) is 18.7. The summed E-state index contributed by atoms with van der Waals surface area (Å²) >= 11 is 12.3. The number of carbonyl (C=O) groups excluding carboxylic acids is 1. The van der Waals surface area contributed by atoms with Gasteiger partial charge < -0.3 is 15.4 Å². The number of nitrogens with two attached hydrogens (primary N) is 1. The van der Waals surface area contributed by atoms with E-state index in [4.69, 9.17) is 33.7 Å². The molecule has 2 N–H and O–H groups in total. The van der Waals surface area contributed by atoms with Crippen LogP contribution in [0, 0.1) is 5.41 Å². The first-order chi connectivity index (χ1) is 12.4. The number of amides is 1. The Hall–Kier alpha value is -1.75. The number of likely N-dealkylation sites (tertiary alicyclic amines) is 1. The van der Waals surface area contributed by atoms with Gasteiger partial charge in [-0.05, 0) is 30.5 Å². The van der Waals surface area contributed by atoms with E-state index < -0.39 is 6.10 Å². The van der Waals surface area contributed by atoms with Gasteiger partial charge in [0, 0.05) is 18.7 Å². The predicted octanol–water partition coefficient (Wildman–Crippen LogP) is 4.31. The lowest BCUT2D eigenvalue weighted by Crippen LogP contribution is -2.38. The molecule has 0 aromatic heterocycles. The molecule has 0 radical (unpaired) electrons. The molecule has 2 atom stereocenters. The first-order valence-electron chi connectivity index (χ1n) is 8.58. The van der Waals surface area contributed by atoms with Gasteiger partial charge in [-0.25, -0.2) is 0 Å². The minimum Gasteiger partial charge on any atom is -0.474 e. The topological polar surface area (TPSA) is 55.6 Å². The van der Waals surface area contributed by atoms with E-state index in [0.29, 0.717) is 35.4 Å². The third kappa shape index (κ3) is 3.98. The van der Waals surface area contributed by atoms with Crippen LogP contribution in [0.4, 0.5) is 0 Å². The standard InChI is InChI=1S/C20H22Cl2N2O2/c1-20(12-23)10-11-24(13-20)19(25)18(14-6-3-2-4-7-14)26-16-9-5-8-15(21)17(16)22/h2-9,18H,10-13,23H2,1H3. The summed E-state index contributed by atoms with van der Waals surface area (Å²) in [6.45, 7) is 3.95. The van der Waals surface area contributed by atoms with Crippen molar-refractivity contribution in [2.24, 2.45) is 11.1 Å². The summed E-state index contributed by atoms with van der Waals surface area (Å²) in [5.41, 5.74) is 6.60. The number of nitrogens with zero attached hydrogens (tertiary/aromatic N) is 1. The first kappa shape index (κ1) is 19.0. The van der Waals surface area contributed by atoms with E-state index in [1.807, 2.05) is 35.2 Å². The Labute approximate surface area is 163 Å². The quantitative estimate of drug-likeness (QED) is 0.824. The van der Waals surface area contributed by atoms with Crippen molar-refractivity contribution < 1.29 is 9.53 Å². The fourth-order valence-corrected chi connectivity index (χ4v) is 3.47. The SMILES string of the molecule is CC1(CN)CCN(C(=O)C(Oc2cccc(Cl)c2Cl)c2ccccc2)C1. The lowest BCUT2D eigenvalue weighted by Gasteiger charge is -2.27. The van der Waals surface area contributed by atoms with Gasteiger partial charge in [0.05, 0.1) is 5.02 Å². The summed E-state index contributed by atoms with van der Waals surface area (Å²) in [6.07, 6.45) is 0.0987. The second-order valence-electron chi connectivity index (χ2n) is 6.99. The third-order valence-electron chi connectivity index (χ3n) is 4.85. The van der Waals surface area contributed by atoms with Gasteiger partial charge >= 0.3 is 0 Å². The van der Waals surface area contributed by atoms with Crippen LogP contribution in [0.2, 0.25) is 10.0 Å². The maximum atomic E-state index is 13.2. The van der Waals surface area contributed by atoms with Crippen molar-refractivity contribution in [3.05, 3.63) is 64.1 Å². The van der Waals surface area contributed by atoms with Crippen LogP contribution in [-0.2, 0) is 4.79 Å². The second-order valence-corrected chi connectivity index (χ2v) is 7.77. The van der Waals surface area contributed by atoms with Gasteiger partial charge in [0.2, 0.25) is 6.10 Å². The molecule has 1 saturated heterocycles. The van der Waals surface area contributed by atoms with Crippen LogP contribution >= 0.6 is 23.2 Å². The van der Waals surface area contributed by atoms with Gasteiger partial charge in [-0.15, -0.1) is 0 Å². The van der Waals surface area contributed by atoms with E-state index in [1.165, 1.54) is 0 Å². The van der Waals surface area contributed by atoms with Crippen LogP contribution in [0.3, 0.4) is 0 Å². The molecule has 0 aliphatic carbocycles. The largest absolute Gasteiger partial charge is 0.474 e. The maximum absolute atomic E-state index is 13.2. The predicted molar refractivity (Wildman–Crippen MR) is 105 cm³/mol. The molecule has 2 aromatic rings. The van der Waals surface area contributed by atoms with Crippen LogP contribution in [-0.4, -0.2) is 30.4 Å². The van der Waals surface area contributed by atoms with Crippen molar-refractivity contribution in [1.82, 2.24) is 4.90 Å². The minimum absolute atomic E-state index is 0.0510. The van der Waals surface area contributed by atoms with Crippen LogP contribution in [0.25, 0.3) is 0 Å². The first-order valence-corrected chi connectivity index (χ1v) is 9.33. The monoisotopic (exact) mass is 392 g/mol. The van der Waals surface area contributed by atoms with Gasteiger partial charge in [0.15, 0.2) is 0 Å². The molecule has 3 rings (SSSR count). The number of hydrogen-bond donors (Lipinski definition) is 1. The number of hydrogen-bond acceptors (Lipinski definition) is 3. The normalized spacial score (nSPS) is 20.8. The van der Waals surface area contributed by atoms with E-state index in [9.17, 15) is 4.79 Å². The van der Waals surface area contributed by atoms with Crippen molar-refractivity contribution >= 4 is 29.1 Å². The maximum Gasteiger partial charge on any atom is 0.268 e. The summed E-state index contributed by atoms with van der Waals surface area (Å²) in [4.78, 5) is 15.1. The van der Waals surface area contributed by atoms with E-state index in [0.717, 1.165) is 12.0 Å². The third-order valence-corrected chi connectivity index (χ3v) is 5.65. The average molecular weight is 393 g/mol. The van der Waals surface area contributed by atoms with E-state index in [1.54, 1.807) is 18.2 Å². The molecule has 2 aromatic carbocycles. The van der Waals surface area contributed by atoms with Gasteiger partial charge in [0.25, 0.3) is 5.91 Å². The van der Waals surface area contributed by atoms with Crippen LogP contribution < -0.4 is 10.5 Å². The van der Waals surface area contributed by atoms with Crippen molar-refractivity contribution in [2.75, 3.05) is 19.6 Å². The highest BCUT2D eigenvalue weighted by Gasteiger charge is 2.38. The Kier molecular flexibility index (Phi) is 5.76. The van der Waals surface area contributed by atoms with Crippen molar-refractivity contribution in [3.63, 3.8) is 0 Å². The molecule has 138 valence electrons. The van der Waals surface area contributed by atoms with E-state index in [2.05, 4.69) is 6.92 Å². The van der Waals surface area contributed by atoms with Crippen molar-refractivity contribution in [3.8, 4) is 5.75 Å². The molecule has 1 fully saturated rings. The fraction of sp³-hybridized carbons (Fsp3) is 0.350. The summed E-state index contributed by atoms with van der Waals surface area (Å²) in [6, 6.07) is 14.6. The fourth-order valence-electron chi connectivity index (χ4n) is 3.14. The van der Waals surface area contributed by atoms with Crippen LogP contribution in [0.1, 0.15) is 25.0 Å². The molecule has 0 spiro atoms. The number of benzene rings is 2. The average Bonchev–Trinajstić information content (AvgIpc) is 3.06. The molecule has 2 unspecified atom stereocenters. The second kappa shape index (κ2) is 7.87. The molecular weight excluding hydrogens is 371 g/mol. The summed E-state index contributed by atoms with van der Waals surface area (Å²) in [7, 11) is 0. The Bertz CT molecular complexity index is 785. The molecule has 26 heavy (non-hydrogen) atoms. The Morgan fingerprint density at radius 2 is 1.96 bits per heavy atom. The van der Waals surface area contributed by atoms with E-state index in [-0.39, 0.29) is 11.3 Å². The lowest BCUT2D eigenvalue weighted by molar-refractivity contribution is -0.138. The highest BCUT2D eigenvalue weighted by Crippen LogP contribution is 2.36. The van der Waals surface area contributed by atoms with Gasteiger partial charge in [0.1, 0.15) is 10.8 Å². The lowest BCUT2D eigenvalue weighted by atomic mass is 9.90. The molecule has 4 nitrogen and oxygen atoms in total. The zero-order valence-corrected chi connectivity index (χ0v) is 16.1. The van der Waals surface area contributed by atoms with Gasteiger partial charge in [-0.2, -0.15) is 0 Å². The molecule has 0 bridgehead atoms. The molecule has 1 aliphatic heterocycles. The highest BCUT2D eigenvalue weighted by atomic mass is 35.5. The Morgan fingerprint density at radius 3 is 2.62 bits per heavy atom.